The van der Waals surface area contributed by atoms with Crippen LogP contribution in [-0.4, -0.2) is 68.8 Å². The number of carbonyl (C=O) groups is 2. The number of anilines is 1. The highest BCUT2D eigenvalue weighted by molar-refractivity contribution is 7.90. The van der Waals surface area contributed by atoms with Crippen molar-refractivity contribution in [2.24, 2.45) is 0 Å². The van der Waals surface area contributed by atoms with Gasteiger partial charge in [0.05, 0.1) is 42.1 Å². The number of amides is 2. The maximum Gasteiger partial charge on any atom is 0.422 e. The number of pyridine rings is 2. The summed E-state index contributed by atoms with van der Waals surface area (Å²) < 4.78 is 58.3. The summed E-state index contributed by atoms with van der Waals surface area (Å²) in [7, 11) is 0. The summed E-state index contributed by atoms with van der Waals surface area (Å²) in [5.41, 5.74) is 1.38. The molecule has 2 aromatic rings. The molecule has 2 aliphatic heterocycles. The average Bonchev–Trinajstić information content (AvgIpc) is 3.26. The molecule has 4 heterocycles. The monoisotopic (exact) mass is 484 g/mol. The molecule has 1 unspecified atom stereocenters. The summed E-state index contributed by atoms with van der Waals surface area (Å²) in [6, 6.07) is 4.19. The molecule has 0 N–H and O–H groups in total. The molecular formula is C20H19F3N4O5S. The number of carbonyl (C=O) groups excluding carboxylic acids is 2. The Morgan fingerprint density at radius 1 is 1.24 bits per heavy atom. The quantitative estimate of drug-likeness (QED) is 0.553. The van der Waals surface area contributed by atoms with E-state index in [2.05, 4.69) is 14.7 Å². The van der Waals surface area contributed by atoms with Gasteiger partial charge in [-0.3, -0.25) is 19.5 Å². The second-order valence-electron chi connectivity index (χ2n) is 7.51. The molecule has 0 saturated carbocycles. The number of ether oxygens (including phenoxy) is 2. The van der Waals surface area contributed by atoms with Crippen molar-refractivity contribution in [3.8, 4) is 11.6 Å². The number of alkyl halides is 3. The minimum absolute atomic E-state index is 0.108. The van der Waals surface area contributed by atoms with Crippen LogP contribution in [-0.2, 0) is 22.5 Å². The van der Waals surface area contributed by atoms with Crippen LogP contribution >= 0.6 is 0 Å². The van der Waals surface area contributed by atoms with E-state index in [1.807, 2.05) is 0 Å². The first-order valence-corrected chi connectivity index (χ1v) is 11.6. The van der Waals surface area contributed by atoms with E-state index in [4.69, 9.17) is 4.74 Å². The van der Waals surface area contributed by atoms with Crippen molar-refractivity contribution >= 4 is 28.7 Å². The standard InChI is InChI=1S/C20H19F3N4O5S/c1-33(30)11-26-9-15-14(18(26)28)6-12(7-24-15)27-5-4-16(19(27)29)32-13-2-3-17(25-8-13)31-10-20(21,22)23/h2-3,6-8,16H,4-5,9-11H2,1H3/t16-,33?/m1/s1. The number of fused-ring (bicyclic) bond motifs is 1. The molecule has 0 radical (unpaired) electrons. The molecule has 1 fully saturated rings. The van der Waals surface area contributed by atoms with E-state index in [1.165, 1.54) is 40.6 Å². The summed E-state index contributed by atoms with van der Waals surface area (Å²) >= 11 is -1.18. The van der Waals surface area contributed by atoms with Gasteiger partial charge in [-0.1, -0.05) is 0 Å². The highest BCUT2D eigenvalue weighted by Crippen LogP contribution is 2.29. The van der Waals surface area contributed by atoms with Crippen LogP contribution < -0.4 is 14.4 Å². The molecule has 176 valence electrons. The molecule has 0 spiro atoms. The Hall–Kier alpha value is -3.06. The molecule has 1 saturated heterocycles. The number of hydrogen-bond acceptors (Lipinski definition) is 7. The third-order valence-corrected chi connectivity index (χ3v) is 5.67. The van der Waals surface area contributed by atoms with Crippen LogP contribution in [0, 0.1) is 0 Å². The Labute approximate surface area is 189 Å². The van der Waals surface area contributed by atoms with E-state index in [9.17, 15) is 27.3 Å². The van der Waals surface area contributed by atoms with Crippen LogP contribution in [0.3, 0.4) is 0 Å². The molecule has 0 bridgehead atoms. The topological polar surface area (TPSA) is 108 Å². The van der Waals surface area contributed by atoms with Gasteiger partial charge in [-0.05, 0) is 23.3 Å². The number of hydrogen-bond donors (Lipinski definition) is 0. The fraction of sp³-hybridized carbons (Fsp3) is 0.400. The molecule has 9 nitrogen and oxygen atoms in total. The van der Waals surface area contributed by atoms with Crippen molar-refractivity contribution < 1.29 is 36.8 Å². The van der Waals surface area contributed by atoms with Crippen LogP contribution in [0.25, 0.3) is 0 Å². The highest BCUT2D eigenvalue weighted by atomic mass is 32.2. The van der Waals surface area contributed by atoms with Gasteiger partial charge in [0.1, 0.15) is 5.75 Å². The van der Waals surface area contributed by atoms with Gasteiger partial charge in [-0.2, -0.15) is 13.2 Å². The zero-order valence-electron chi connectivity index (χ0n) is 17.4. The summed E-state index contributed by atoms with van der Waals surface area (Å²) in [6.45, 7) is -0.855. The first-order valence-electron chi connectivity index (χ1n) is 9.82. The van der Waals surface area contributed by atoms with Crippen LogP contribution in [0.15, 0.2) is 30.6 Å². The SMILES string of the molecule is C[S+]([O-])CN1Cc2ncc(N3CC[C@@H](Oc4ccc(OCC(F)(F)F)nc4)C3=O)cc2C1=O. The molecule has 2 amide bonds. The van der Waals surface area contributed by atoms with E-state index >= 15 is 0 Å². The number of aromatic nitrogens is 2. The lowest BCUT2D eigenvalue weighted by Gasteiger charge is -2.17. The van der Waals surface area contributed by atoms with E-state index in [0.717, 1.165) is 0 Å². The Morgan fingerprint density at radius 2 is 2.03 bits per heavy atom. The minimum atomic E-state index is -4.47. The van der Waals surface area contributed by atoms with Crippen molar-refractivity contribution in [3.63, 3.8) is 0 Å². The van der Waals surface area contributed by atoms with Gasteiger partial charge in [0.2, 0.25) is 5.88 Å². The zero-order chi connectivity index (χ0) is 23.8. The maximum absolute atomic E-state index is 12.8. The molecule has 2 atom stereocenters. The third kappa shape index (κ3) is 5.30. The molecular weight excluding hydrogens is 465 g/mol. The Morgan fingerprint density at radius 3 is 2.70 bits per heavy atom. The van der Waals surface area contributed by atoms with Crippen LogP contribution in [0.2, 0.25) is 0 Å². The predicted octanol–water partition coefficient (Wildman–Crippen LogP) is 1.89. The van der Waals surface area contributed by atoms with Gasteiger partial charge < -0.3 is 18.9 Å². The smallest absolute Gasteiger partial charge is 0.422 e. The third-order valence-electron chi connectivity index (χ3n) is 4.99. The lowest BCUT2D eigenvalue weighted by atomic mass is 10.2. The summed E-state index contributed by atoms with van der Waals surface area (Å²) in [6.07, 6.45) is -0.734. The van der Waals surface area contributed by atoms with Gasteiger partial charge in [-0.15, -0.1) is 0 Å². The summed E-state index contributed by atoms with van der Waals surface area (Å²) in [5, 5.41) is 0. The predicted molar refractivity (Wildman–Crippen MR) is 110 cm³/mol. The van der Waals surface area contributed by atoms with Gasteiger partial charge in [0.25, 0.3) is 11.8 Å². The van der Waals surface area contributed by atoms with Crippen LogP contribution in [0.4, 0.5) is 18.9 Å². The van der Waals surface area contributed by atoms with Crippen LogP contribution in [0.1, 0.15) is 22.5 Å². The molecule has 2 aliphatic rings. The van der Waals surface area contributed by atoms with Crippen molar-refractivity contribution in [2.75, 3.05) is 30.2 Å². The van der Waals surface area contributed by atoms with Crippen LogP contribution in [0.5, 0.6) is 11.6 Å². The fourth-order valence-corrected chi connectivity index (χ4v) is 4.20. The normalized spacial score (nSPS) is 19.1. The highest BCUT2D eigenvalue weighted by Gasteiger charge is 2.37. The first-order chi connectivity index (χ1) is 15.6. The molecule has 4 rings (SSSR count). The van der Waals surface area contributed by atoms with Crippen molar-refractivity contribution in [2.45, 2.75) is 25.2 Å². The second-order valence-corrected chi connectivity index (χ2v) is 8.92. The summed E-state index contributed by atoms with van der Waals surface area (Å²) in [5.74, 6) is -0.523. The first kappa shape index (κ1) is 23.1. The number of nitrogens with zero attached hydrogens (tertiary/aromatic N) is 4. The maximum atomic E-state index is 12.8. The Bertz CT molecular complexity index is 1050. The lowest BCUT2D eigenvalue weighted by Crippen LogP contribution is -2.32. The second kappa shape index (κ2) is 9.06. The molecule has 13 heteroatoms. The number of rotatable bonds is 7. The van der Waals surface area contributed by atoms with Gasteiger partial charge in [0, 0.05) is 19.0 Å². The van der Waals surface area contributed by atoms with Gasteiger partial charge in [-0.25, -0.2) is 4.98 Å². The molecule has 0 aliphatic carbocycles. The average molecular weight is 484 g/mol. The Balaban J connectivity index is 1.39. The zero-order valence-corrected chi connectivity index (χ0v) is 18.2. The lowest BCUT2D eigenvalue weighted by molar-refractivity contribution is -0.154. The molecule has 0 aromatic carbocycles. The molecule has 2 aromatic heterocycles. The van der Waals surface area contributed by atoms with Gasteiger partial charge in [0.15, 0.2) is 18.6 Å². The van der Waals surface area contributed by atoms with E-state index < -0.39 is 30.1 Å². The van der Waals surface area contributed by atoms with Crippen molar-refractivity contribution in [1.29, 1.82) is 0 Å². The fourth-order valence-electron chi connectivity index (χ4n) is 3.55. The van der Waals surface area contributed by atoms with Crippen molar-refractivity contribution in [3.05, 3.63) is 41.9 Å². The van der Waals surface area contributed by atoms with E-state index in [0.29, 0.717) is 29.9 Å². The van der Waals surface area contributed by atoms with Gasteiger partial charge >= 0.3 is 6.18 Å². The number of halogens is 3. The van der Waals surface area contributed by atoms with E-state index in [1.54, 1.807) is 6.07 Å². The van der Waals surface area contributed by atoms with E-state index in [-0.39, 0.29) is 35.9 Å². The minimum Gasteiger partial charge on any atom is -0.615 e. The Kier molecular flexibility index (Phi) is 6.34. The molecule has 33 heavy (non-hydrogen) atoms. The van der Waals surface area contributed by atoms with Crippen molar-refractivity contribution in [1.82, 2.24) is 14.9 Å². The largest absolute Gasteiger partial charge is 0.615 e. The summed E-state index contributed by atoms with van der Waals surface area (Å²) in [4.78, 5) is 36.4.